The van der Waals surface area contributed by atoms with E-state index in [2.05, 4.69) is 29.5 Å². The lowest BCUT2D eigenvalue weighted by Crippen LogP contribution is -2.39. The molecule has 0 radical (unpaired) electrons. The summed E-state index contributed by atoms with van der Waals surface area (Å²) in [4.78, 5) is 30.8. The van der Waals surface area contributed by atoms with Crippen LogP contribution in [0.4, 0.5) is 5.69 Å². The molecular formula is C25H27N3O2. The summed E-state index contributed by atoms with van der Waals surface area (Å²) in [6, 6.07) is 11.6. The van der Waals surface area contributed by atoms with Crippen LogP contribution in [0.2, 0.25) is 0 Å². The SMILES string of the molecule is CC1=C(C(=O)Nc2cccnc2)C(c2ccccc2C)C2=C(CC(C)(C)CC2=O)N1. The average Bonchev–Trinajstić information content (AvgIpc) is 2.67. The Morgan fingerprint density at radius 1 is 1.13 bits per heavy atom. The number of benzene rings is 1. The van der Waals surface area contributed by atoms with Gasteiger partial charge in [-0.15, -0.1) is 0 Å². The first kappa shape index (κ1) is 20.1. The molecule has 0 spiro atoms. The largest absolute Gasteiger partial charge is 0.362 e. The van der Waals surface area contributed by atoms with Crippen molar-refractivity contribution in [3.63, 3.8) is 0 Å². The van der Waals surface area contributed by atoms with E-state index in [0.29, 0.717) is 17.7 Å². The fourth-order valence-corrected chi connectivity index (χ4v) is 4.59. The number of carbonyl (C=O) groups excluding carboxylic acids is 2. The van der Waals surface area contributed by atoms with Gasteiger partial charge in [0, 0.05) is 41.1 Å². The lowest BCUT2D eigenvalue weighted by Gasteiger charge is -2.40. The number of ketones is 1. The molecule has 2 heterocycles. The zero-order valence-electron chi connectivity index (χ0n) is 17.9. The van der Waals surface area contributed by atoms with E-state index in [-0.39, 0.29) is 23.0 Å². The van der Waals surface area contributed by atoms with Crippen molar-refractivity contribution in [3.8, 4) is 0 Å². The van der Waals surface area contributed by atoms with Gasteiger partial charge >= 0.3 is 0 Å². The normalized spacial score (nSPS) is 20.5. The highest BCUT2D eigenvalue weighted by atomic mass is 16.2. The van der Waals surface area contributed by atoms with Crippen molar-refractivity contribution in [2.75, 3.05) is 5.32 Å². The number of nitrogens with zero attached hydrogens (tertiary/aromatic N) is 1. The zero-order valence-corrected chi connectivity index (χ0v) is 17.9. The van der Waals surface area contributed by atoms with Gasteiger partial charge in [-0.1, -0.05) is 38.1 Å². The van der Waals surface area contributed by atoms with Crippen LogP contribution in [0.5, 0.6) is 0 Å². The summed E-state index contributed by atoms with van der Waals surface area (Å²) in [5, 5.41) is 6.36. The molecule has 0 saturated carbocycles. The van der Waals surface area contributed by atoms with Gasteiger partial charge in [-0.25, -0.2) is 0 Å². The molecule has 2 aromatic rings. The van der Waals surface area contributed by atoms with Gasteiger partial charge in [0.15, 0.2) is 5.78 Å². The quantitative estimate of drug-likeness (QED) is 0.786. The van der Waals surface area contributed by atoms with E-state index in [9.17, 15) is 9.59 Å². The summed E-state index contributed by atoms with van der Waals surface area (Å²) in [6.45, 7) is 8.17. The van der Waals surface area contributed by atoms with Crippen molar-refractivity contribution in [1.29, 1.82) is 0 Å². The van der Waals surface area contributed by atoms with Gasteiger partial charge in [0.05, 0.1) is 11.9 Å². The first-order valence-corrected chi connectivity index (χ1v) is 10.3. The van der Waals surface area contributed by atoms with Crippen LogP contribution in [-0.2, 0) is 9.59 Å². The van der Waals surface area contributed by atoms with Crippen molar-refractivity contribution in [2.24, 2.45) is 5.41 Å². The molecule has 0 bridgehead atoms. The summed E-state index contributed by atoms with van der Waals surface area (Å²) in [7, 11) is 0. The molecular weight excluding hydrogens is 374 g/mol. The molecule has 2 aliphatic rings. The fraction of sp³-hybridized carbons (Fsp3) is 0.320. The van der Waals surface area contributed by atoms with E-state index in [1.165, 1.54) is 0 Å². The number of aryl methyl sites for hydroxylation is 1. The molecule has 1 aromatic carbocycles. The standard InChI is InChI=1S/C25H27N3O2/c1-15-8-5-6-10-18(15)22-21(24(30)28-17-9-7-11-26-14-17)16(2)27-19-12-25(3,4)13-20(29)23(19)22/h5-11,14,22,27H,12-13H2,1-4H3,(H,28,30). The smallest absolute Gasteiger partial charge is 0.254 e. The second kappa shape index (κ2) is 7.56. The van der Waals surface area contributed by atoms with Crippen LogP contribution in [0.25, 0.3) is 0 Å². The van der Waals surface area contributed by atoms with Gasteiger partial charge in [0.25, 0.3) is 5.91 Å². The molecule has 0 fully saturated rings. The Morgan fingerprint density at radius 2 is 1.90 bits per heavy atom. The van der Waals surface area contributed by atoms with Crippen molar-refractivity contribution < 1.29 is 9.59 Å². The van der Waals surface area contributed by atoms with E-state index in [1.807, 2.05) is 38.1 Å². The first-order chi connectivity index (χ1) is 14.3. The van der Waals surface area contributed by atoms with Gasteiger partial charge in [-0.05, 0) is 48.9 Å². The van der Waals surface area contributed by atoms with Crippen LogP contribution in [-0.4, -0.2) is 16.7 Å². The van der Waals surface area contributed by atoms with Gasteiger partial charge < -0.3 is 10.6 Å². The minimum absolute atomic E-state index is 0.102. The molecule has 5 heteroatoms. The number of hydrogen-bond acceptors (Lipinski definition) is 4. The molecule has 154 valence electrons. The number of hydrogen-bond donors (Lipinski definition) is 2. The number of anilines is 1. The van der Waals surface area contributed by atoms with Crippen molar-refractivity contribution >= 4 is 17.4 Å². The Labute approximate surface area is 177 Å². The summed E-state index contributed by atoms with van der Waals surface area (Å²) >= 11 is 0. The Balaban J connectivity index is 1.84. The van der Waals surface area contributed by atoms with Crippen LogP contribution in [0.1, 0.15) is 50.7 Å². The highest BCUT2D eigenvalue weighted by Crippen LogP contribution is 2.47. The molecule has 5 nitrogen and oxygen atoms in total. The van der Waals surface area contributed by atoms with E-state index in [1.54, 1.807) is 24.5 Å². The van der Waals surface area contributed by atoms with E-state index < -0.39 is 0 Å². The molecule has 1 atom stereocenters. The van der Waals surface area contributed by atoms with Crippen LogP contribution in [0.15, 0.2) is 71.3 Å². The molecule has 4 rings (SSSR count). The third kappa shape index (κ3) is 3.67. The lowest BCUT2D eigenvalue weighted by molar-refractivity contribution is -0.118. The fourth-order valence-electron chi connectivity index (χ4n) is 4.59. The topological polar surface area (TPSA) is 71.1 Å². The summed E-state index contributed by atoms with van der Waals surface area (Å²) in [6.07, 6.45) is 4.54. The van der Waals surface area contributed by atoms with Crippen LogP contribution >= 0.6 is 0 Å². The van der Waals surface area contributed by atoms with Crippen LogP contribution in [0, 0.1) is 12.3 Å². The maximum Gasteiger partial charge on any atom is 0.254 e. The molecule has 0 saturated heterocycles. The molecule has 1 aliphatic heterocycles. The second-order valence-corrected chi connectivity index (χ2v) is 8.98. The van der Waals surface area contributed by atoms with Crippen molar-refractivity contribution in [1.82, 2.24) is 10.3 Å². The third-order valence-corrected chi connectivity index (χ3v) is 5.90. The molecule has 1 aromatic heterocycles. The number of pyridine rings is 1. The number of carbonyl (C=O) groups is 2. The number of allylic oxidation sites excluding steroid dienone is 3. The Morgan fingerprint density at radius 3 is 2.60 bits per heavy atom. The number of aromatic nitrogens is 1. The van der Waals surface area contributed by atoms with Gasteiger partial charge in [-0.3, -0.25) is 14.6 Å². The summed E-state index contributed by atoms with van der Waals surface area (Å²) in [5.74, 6) is -0.491. The predicted molar refractivity (Wildman–Crippen MR) is 118 cm³/mol. The highest BCUT2D eigenvalue weighted by Gasteiger charge is 2.43. The predicted octanol–water partition coefficient (Wildman–Crippen LogP) is 4.63. The molecule has 1 unspecified atom stereocenters. The average molecular weight is 402 g/mol. The number of dihydropyridines is 1. The molecule has 2 N–H and O–H groups in total. The lowest BCUT2D eigenvalue weighted by atomic mass is 9.68. The van der Waals surface area contributed by atoms with Gasteiger partial charge in [0.2, 0.25) is 0 Å². The number of rotatable bonds is 3. The van der Waals surface area contributed by atoms with Crippen molar-refractivity contribution in [3.05, 3.63) is 82.5 Å². The molecule has 1 amide bonds. The van der Waals surface area contributed by atoms with Crippen LogP contribution in [0.3, 0.4) is 0 Å². The summed E-state index contributed by atoms with van der Waals surface area (Å²) in [5.41, 5.74) is 5.62. The number of amides is 1. The van der Waals surface area contributed by atoms with Gasteiger partial charge in [0.1, 0.15) is 0 Å². The van der Waals surface area contributed by atoms with E-state index in [0.717, 1.165) is 34.5 Å². The first-order valence-electron chi connectivity index (χ1n) is 10.3. The van der Waals surface area contributed by atoms with Crippen molar-refractivity contribution in [2.45, 2.75) is 46.5 Å². The summed E-state index contributed by atoms with van der Waals surface area (Å²) < 4.78 is 0. The third-order valence-electron chi connectivity index (χ3n) is 5.90. The monoisotopic (exact) mass is 401 g/mol. The Bertz CT molecular complexity index is 1080. The Hall–Kier alpha value is -3.21. The Kier molecular flexibility index (Phi) is 5.06. The van der Waals surface area contributed by atoms with E-state index >= 15 is 0 Å². The molecule has 1 aliphatic carbocycles. The zero-order chi connectivity index (χ0) is 21.5. The second-order valence-electron chi connectivity index (χ2n) is 8.98. The minimum atomic E-state index is -0.386. The maximum absolute atomic E-state index is 13.4. The van der Waals surface area contributed by atoms with E-state index in [4.69, 9.17) is 0 Å². The number of nitrogens with one attached hydrogen (secondary N) is 2. The molecule has 30 heavy (non-hydrogen) atoms. The minimum Gasteiger partial charge on any atom is -0.362 e. The van der Waals surface area contributed by atoms with Crippen LogP contribution < -0.4 is 10.6 Å². The number of Topliss-reactive ketones (excluding diaryl/α,β-unsaturated/α-hetero) is 1. The van der Waals surface area contributed by atoms with Gasteiger partial charge in [-0.2, -0.15) is 0 Å². The highest BCUT2D eigenvalue weighted by molar-refractivity contribution is 6.10. The maximum atomic E-state index is 13.4.